The van der Waals surface area contributed by atoms with Gasteiger partial charge < -0.3 is 11.1 Å². The minimum absolute atomic E-state index is 0.185. The molecule has 1 aliphatic carbocycles. The van der Waals surface area contributed by atoms with Crippen molar-refractivity contribution in [2.24, 2.45) is 10.1 Å². The van der Waals surface area contributed by atoms with E-state index in [2.05, 4.69) is 14.7 Å². The number of rotatable bonds is 7. The second kappa shape index (κ2) is 9.21. The third kappa shape index (κ3) is 4.76. The molecule has 2 aromatic carbocycles. The largest absolute Gasteiger partial charge is 0.366 e. The van der Waals surface area contributed by atoms with E-state index in [1.165, 1.54) is 12.1 Å². The van der Waals surface area contributed by atoms with Gasteiger partial charge in [-0.05, 0) is 59.7 Å². The average molecular weight is 492 g/mol. The summed E-state index contributed by atoms with van der Waals surface area (Å²) in [5.41, 5.74) is 4.09. The maximum absolute atomic E-state index is 15.0. The van der Waals surface area contributed by atoms with E-state index in [4.69, 9.17) is 5.73 Å². The Morgan fingerprint density at radius 2 is 1.79 bits per heavy atom. The van der Waals surface area contributed by atoms with Gasteiger partial charge in [0.15, 0.2) is 17.5 Å². The highest BCUT2D eigenvalue weighted by Crippen LogP contribution is 2.41. The number of anilines is 2. The molecule has 34 heavy (non-hydrogen) atoms. The number of carbonyl (C=O) groups is 1. The summed E-state index contributed by atoms with van der Waals surface area (Å²) in [6, 6.07) is 6.33. The van der Waals surface area contributed by atoms with Crippen LogP contribution in [0.3, 0.4) is 0 Å². The van der Waals surface area contributed by atoms with Crippen molar-refractivity contribution in [3.63, 3.8) is 0 Å². The highest BCUT2D eigenvalue weighted by Gasteiger charge is 2.26. The molecule has 1 amide bonds. The average Bonchev–Trinajstić information content (AvgIpc) is 3.62. The summed E-state index contributed by atoms with van der Waals surface area (Å²) in [6.07, 6.45) is 2.36. The van der Waals surface area contributed by atoms with E-state index in [1.54, 1.807) is 6.07 Å². The maximum Gasteiger partial charge on any atom is 0.318 e. The monoisotopic (exact) mass is 492 g/mol. The van der Waals surface area contributed by atoms with Crippen molar-refractivity contribution in [3.05, 3.63) is 82.1 Å². The van der Waals surface area contributed by atoms with E-state index in [1.807, 2.05) is 0 Å². The summed E-state index contributed by atoms with van der Waals surface area (Å²) in [5.74, 6) is -6.44. The molecule has 1 fully saturated rings. The number of hydrogen-bond donors (Lipinski definition) is 2. The molecule has 0 unspecified atom stereocenters. The lowest BCUT2D eigenvalue weighted by atomic mass is 9.99. The number of carbonyl (C=O) groups excluding carboxylic acids is 1. The second-order valence-corrected chi connectivity index (χ2v) is 8.30. The van der Waals surface area contributed by atoms with Crippen LogP contribution in [0.15, 0.2) is 40.9 Å². The zero-order valence-electron chi connectivity index (χ0n) is 17.3. The Hall–Kier alpha value is -3.80. The molecule has 1 saturated carbocycles. The second-order valence-electron chi connectivity index (χ2n) is 7.68. The van der Waals surface area contributed by atoms with Crippen molar-refractivity contribution in [1.29, 1.82) is 0 Å². The van der Waals surface area contributed by atoms with Crippen molar-refractivity contribution in [3.8, 4) is 0 Å². The van der Waals surface area contributed by atoms with Crippen molar-refractivity contribution < 1.29 is 30.8 Å². The van der Waals surface area contributed by atoms with E-state index < -0.39 is 68.7 Å². The van der Waals surface area contributed by atoms with Gasteiger partial charge in [-0.15, -0.1) is 4.36 Å². The number of primary amides is 1. The van der Waals surface area contributed by atoms with Gasteiger partial charge in [0.1, 0.15) is 5.82 Å². The maximum atomic E-state index is 15.0. The molecule has 0 aliphatic heterocycles. The molecule has 1 heterocycles. The van der Waals surface area contributed by atoms with Gasteiger partial charge in [-0.1, -0.05) is 6.07 Å². The van der Waals surface area contributed by atoms with Crippen LogP contribution in [0.2, 0.25) is 0 Å². The molecule has 0 bridgehead atoms. The molecule has 0 saturated heterocycles. The van der Waals surface area contributed by atoms with Crippen molar-refractivity contribution in [1.82, 2.24) is 4.98 Å². The van der Waals surface area contributed by atoms with Gasteiger partial charge in [0.2, 0.25) is 5.82 Å². The predicted octanol–water partition coefficient (Wildman–Crippen LogP) is 4.64. The lowest BCUT2D eigenvalue weighted by Crippen LogP contribution is -2.17. The van der Waals surface area contributed by atoms with Gasteiger partial charge in [0.05, 0.1) is 16.9 Å². The van der Waals surface area contributed by atoms with Gasteiger partial charge in [0.25, 0.3) is 5.91 Å². The van der Waals surface area contributed by atoms with Crippen LogP contribution < -0.4 is 11.1 Å². The number of nitrogens with one attached hydrogen (secondary N) is 1. The summed E-state index contributed by atoms with van der Waals surface area (Å²) in [5, 5.41) is 2.39. The Balaban J connectivity index is 1.73. The zero-order chi connectivity index (χ0) is 24.6. The molecule has 3 aromatic rings. The fraction of sp³-hybridized carbons (Fsp3) is 0.182. The first-order chi connectivity index (χ1) is 16.2. The third-order valence-electron chi connectivity index (χ3n) is 5.34. The molecule has 0 radical (unpaired) electrons. The Bertz CT molecular complexity index is 1450. The van der Waals surface area contributed by atoms with E-state index in [0.717, 1.165) is 36.7 Å². The van der Waals surface area contributed by atoms with Crippen LogP contribution >= 0.6 is 0 Å². The first-order valence-corrected chi connectivity index (χ1v) is 11.0. The summed E-state index contributed by atoms with van der Waals surface area (Å²) in [7, 11) is -2.99. The molecule has 176 valence electrons. The summed E-state index contributed by atoms with van der Waals surface area (Å²) in [4.78, 5) is 15.5. The Morgan fingerprint density at radius 1 is 1.06 bits per heavy atom. The number of hydrogen-bond acceptors (Lipinski definition) is 6. The van der Waals surface area contributed by atoms with Crippen LogP contribution in [0, 0.1) is 23.3 Å². The third-order valence-corrected chi connectivity index (χ3v) is 5.66. The lowest BCUT2D eigenvalue weighted by molar-refractivity contribution is 0.100. The number of nitrogens with two attached hydrogens (primary N) is 1. The molecule has 3 N–H and O–H groups in total. The fourth-order valence-electron chi connectivity index (χ4n) is 3.51. The van der Waals surface area contributed by atoms with E-state index in [0.29, 0.717) is 0 Å². The van der Waals surface area contributed by atoms with Gasteiger partial charge in [0, 0.05) is 12.6 Å². The van der Waals surface area contributed by atoms with Crippen LogP contribution in [0.5, 0.6) is 0 Å². The van der Waals surface area contributed by atoms with E-state index in [9.17, 15) is 30.8 Å². The number of halogens is 4. The van der Waals surface area contributed by atoms with Crippen LogP contribution in [0.25, 0.3) is 0 Å². The summed E-state index contributed by atoms with van der Waals surface area (Å²) < 4.78 is 83.3. The van der Waals surface area contributed by atoms with Crippen molar-refractivity contribution in [2.45, 2.75) is 25.2 Å². The number of aromatic nitrogens is 1. The Labute approximate surface area is 192 Å². The molecule has 1 aromatic heterocycles. The number of benzene rings is 2. The van der Waals surface area contributed by atoms with Crippen molar-refractivity contribution in [2.75, 3.05) is 5.32 Å². The Morgan fingerprint density at radius 3 is 2.41 bits per heavy atom. The highest BCUT2D eigenvalue weighted by atomic mass is 32.2. The summed E-state index contributed by atoms with van der Waals surface area (Å²) >= 11 is 0. The number of nitrogens with zero attached hydrogens (tertiary/aromatic N) is 2. The minimum atomic E-state index is -2.99. The van der Waals surface area contributed by atoms with Crippen LogP contribution in [-0.2, 0) is 16.9 Å². The Kier molecular flexibility index (Phi) is 6.33. The first-order valence-electron chi connectivity index (χ1n) is 9.97. The first kappa shape index (κ1) is 23.4. The topological polar surface area (TPSA) is 115 Å². The van der Waals surface area contributed by atoms with Gasteiger partial charge in [-0.25, -0.2) is 22.5 Å². The SMILES string of the molecule is NC(=O)c1cc(Cc2ccnc(N=S(=O)=O)c2F)c(F)c(F)c1Nc1ccc(C2CC2)cc1F. The van der Waals surface area contributed by atoms with Gasteiger partial charge >= 0.3 is 10.5 Å². The van der Waals surface area contributed by atoms with Crippen LogP contribution in [0.4, 0.5) is 34.8 Å². The number of pyridine rings is 1. The predicted molar refractivity (Wildman–Crippen MR) is 115 cm³/mol. The molecule has 0 atom stereocenters. The van der Waals surface area contributed by atoms with Gasteiger partial charge in [-0.3, -0.25) is 4.79 Å². The molecule has 4 rings (SSSR count). The summed E-state index contributed by atoms with van der Waals surface area (Å²) in [6.45, 7) is 0. The van der Waals surface area contributed by atoms with Crippen molar-refractivity contribution >= 4 is 33.6 Å². The smallest absolute Gasteiger partial charge is 0.318 e. The molecular weight excluding hydrogens is 476 g/mol. The van der Waals surface area contributed by atoms with Crippen LogP contribution in [0.1, 0.15) is 45.8 Å². The highest BCUT2D eigenvalue weighted by molar-refractivity contribution is 7.61. The molecule has 12 heteroatoms. The lowest BCUT2D eigenvalue weighted by Gasteiger charge is -2.16. The molecule has 0 spiro atoms. The molecule has 1 aliphatic rings. The normalized spacial score (nSPS) is 12.9. The zero-order valence-corrected chi connectivity index (χ0v) is 18.1. The van der Waals surface area contributed by atoms with E-state index >= 15 is 0 Å². The molecule has 7 nitrogen and oxygen atoms in total. The van der Waals surface area contributed by atoms with E-state index in [-0.39, 0.29) is 17.2 Å². The van der Waals surface area contributed by atoms with Gasteiger partial charge in [-0.2, -0.15) is 8.42 Å². The fourth-order valence-corrected chi connectivity index (χ4v) is 3.78. The van der Waals surface area contributed by atoms with Crippen LogP contribution in [-0.4, -0.2) is 19.3 Å². The minimum Gasteiger partial charge on any atom is -0.366 e. The number of amides is 1. The molecular formula is C22H16F4N4O3S. The standard InChI is InChI=1S/C22H16F4N4O3S/c23-15-9-11(10-1-2-10)3-4-16(15)29-20-14(21(27)31)8-13(17(24)19(20)26)7-12-5-6-28-22(18(12)25)30-34(32)33/h3-6,8-10,29H,1-2,7H2,(H2,27,31). The quantitative estimate of drug-likeness (QED) is 0.467.